The highest BCUT2D eigenvalue weighted by atomic mass is 16.5. The van der Waals surface area contributed by atoms with Crippen molar-refractivity contribution in [2.45, 2.75) is 32.2 Å². The molecule has 0 saturated carbocycles. The first-order chi connectivity index (χ1) is 16.8. The molecule has 0 radical (unpaired) electrons. The molecule has 8 heteroatoms. The number of hydrogen-bond acceptors (Lipinski definition) is 6. The van der Waals surface area contributed by atoms with Crippen molar-refractivity contribution in [1.29, 1.82) is 5.26 Å². The highest BCUT2D eigenvalue weighted by Gasteiger charge is 2.39. The highest BCUT2D eigenvalue weighted by molar-refractivity contribution is 5.72. The van der Waals surface area contributed by atoms with Crippen LogP contribution >= 0.6 is 0 Å². The zero-order valence-electron chi connectivity index (χ0n) is 20.1. The number of benzene rings is 2. The van der Waals surface area contributed by atoms with Crippen LogP contribution in [0.5, 0.6) is 11.6 Å². The Hall–Kier alpha value is -4.51. The maximum atomic E-state index is 10.1. The standard InChI is InChI=1S/C27H26N6O2/c1-27(2,3)33-26-23(24(31-33)18-7-11-20(34-4)12-8-18)22(21(15-28)25(29)35-26)17-5-9-19(10-6-17)32-14-13-30-16-32/h5-14,16,22H,29H2,1-4H3. The third-order valence-corrected chi connectivity index (χ3v) is 6.08. The normalized spacial score (nSPS) is 15.3. The van der Waals surface area contributed by atoms with Crippen molar-refractivity contribution in [3.05, 3.63) is 89.8 Å². The SMILES string of the molecule is COc1ccc(-c2nn(C(C)(C)C)c3c2C(c2ccc(-n4ccnc4)cc2)C(C#N)=C(N)O3)cc1. The summed E-state index contributed by atoms with van der Waals surface area (Å²) in [7, 11) is 1.63. The van der Waals surface area contributed by atoms with Crippen molar-refractivity contribution in [2.75, 3.05) is 7.11 Å². The quantitative estimate of drug-likeness (QED) is 0.467. The highest BCUT2D eigenvalue weighted by Crippen LogP contribution is 2.48. The molecule has 176 valence electrons. The number of nitriles is 1. The first-order valence-electron chi connectivity index (χ1n) is 11.3. The monoisotopic (exact) mass is 466 g/mol. The van der Waals surface area contributed by atoms with Crippen molar-refractivity contribution in [3.8, 4) is 34.6 Å². The fourth-order valence-corrected chi connectivity index (χ4v) is 4.34. The van der Waals surface area contributed by atoms with Crippen LogP contribution in [0.1, 0.15) is 37.8 Å². The van der Waals surface area contributed by atoms with E-state index < -0.39 is 5.92 Å². The molecule has 0 amide bonds. The summed E-state index contributed by atoms with van der Waals surface area (Å²) in [5.41, 5.74) is 10.6. The molecule has 0 spiro atoms. The van der Waals surface area contributed by atoms with Crippen LogP contribution in [0.15, 0.2) is 78.7 Å². The van der Waals surface area contributed by atoms with Gasteiger partial charge in [0.05, 0.1) is 30.5 Å². The van der Waals surface area contributed by atoms with Crippen LogP contribution < -0.4 is 15.2 Å². The van der Waals surface area contributed by atoms with Crippen LogP contribution in [0.2, 0.25) is 0 Å². The summed E-state index contributed by atoms with van der Waals surface area (Å²) in [6, 6.07) is 18.0. The van der Waals surface area contributed by atoms with Gasteiger partial charge < -0.3 is 19.8 Å². The molecular formula is C27H26N6O2. The van der Waals surface area contributed by atoms with E-state index in [9.17, 15) is 5.26 Å². The summed E-state index contributed by atoms with van der Waals surface area (Å²) in [6.45, 7) is 6.15. The van der Waals surface area contributed by atoms with Crippen molar-refractivity contribution >= 4 is 0 Å². The zero-order chi connectivity index (χ0) is 24.7. The molecule has 0 aliphatic carbocycles. The zero-order valence-corrected chi connectivity index (χ0v) is 20.1. The van der Waals surface area contributed by atoms with E-state index in [1.165, 1.54) is 0 Å². The molecule has 0 fully saturated rings. The Morgan fingerprint density at radius 1 is 1.09 bits per heavy atom. The van der Waals surface area contributed by atoms with E-state index in [4.69, 9.17) is 20.3 Å². The average molecular weight is 467 g/mol. The maximum absolute atomic E-state index is 10.1. The van der Waals surface area contributed by atoms with Gasteiger partial charge in [-0.05, 0) is 62.7 Å². The van der Waals surface area contributed by atoms with Gasteiger partial charge in [0, 0.05) is 23.6 Å². The molecule has 4 aromatic rings. The third kappa shape index (κ3) is 3.81. The summed E-state index contributed by atoms with van der Waals surface area (Å²) in [6.07, 6.45) is 5.36. The summed E-state index contributed by atoms with van der Waals surface area (Å²) in [5.74, 6) is 0.954. The predicted octanol–water partition coefficient (Wildman–Crippen LogP) is 4.72. The van der Waals surface area contributed by atoms with E-state index in [2.05, 4.69) is 31.8 Å². The number of allylic oxidation sites excluding steroid dienone is 1. The van der Waals surface area contributed by atoms with Crippen LogP contribution in [0.25, 0.3) is 16.9 Å². The summed E-state index contributed by atoms with van der Waals surface area (Å²) >= 11 is 0. The third-order valence-electron chi connectivity index (χ3n) is 6.08. The topological polar surface area (TPSA) is 104 Å². The largest absolute Gasteiger partial charge is 0.497 e. The van der Waals surface area contributed by atoms with Gasteiger partial charge >= 0.3 is 0 Å². The van der Waals surface area contributed by atoms with E-state index >= 15 is 0 Å². The number of hydrogen-bond donors (Lipinski definition) is 1. The Balaban J connectivity index is 1.73. The molecule has 1 aliphatic heterocycles. The lowest BCUT2D eigenvalue weighted by atomic mass is 9.83. The number of methoxy groups -OCH3 is 1. The van der Waals surface area contributed by atoms with Gasteiger partial charge in [0.25, 0.3) is 0 Å². The number of nitrogens with zero attached hydrogens (tertiary/aromatic N) is 5. The van der Waals surface area contributed by atoms with E-state index in [-0.39, 0.29) is 11.4 Å². The minimum atomic E-state index is -0.436. The van der Waals surface area contributed by atoms with Crippen molar-refractivity contribution in [2.24, 2.45) is 5.73 Å². The van der Waals surface area contributed by atoms with Crippen molar-refractivity contribution < 1.29 is 9.47 Å². The first kappa shape index (κ1) is 22.3. The smallest absolute Gasteiger partial charge is 0.225 e. The van der Waals surface area contributed by atoms with E-state index in [0.717, 1.165) is 33.8 Å². The van der Waals surface area contributed by atoms with Gasteiger partial charge in [-0.25, -0.2) is 9.67 Å². The Morgan fingerprint density at radius 2 is 1.80 bits per heavy atom. The molecule has 2 N–H and O–H groups in total. The van der Waals surface area contributed by atoms with Crippen LogP contribution in [-0.2, 0) is 5.54 Å². The van der Waals surface area contributed by atoms with Crippen LogP contribution in [-0.4, -0.2) is 26.4 Å². The molecule has 2 aromatic heterocycles. The molecule has 8 nitrogen and oxygen atoms in total. The molecule has 2 aromatic carbocycles. The van der Waals surface area contributed by atoms with Crippen LogP contribution in [0, 0.1) is 11.3 Å². The second kappa shape index (κ2) is 8.37. The molecule has 5 rings (SSSR count). The fourth-order valence-electron chi connectivity index (χ4n) is 4.34. The maximum Gasteiger partial charge on any atom is 0.225 e. The number of fused-ring (bicyclic) bond motifs is 1. The van der Waals surface area contributed by atoms with Gasteiger partial charge in [0.1, 0.15) is 23.1 Å². The number of ether oxygens (including phenoxy) is 2. The van der Waals surface area contributed by atoms with Crippen LogP contribution in [0.4, 0.5) is 0 Å². The van der Waals surface area contributed by atoms with Gasteiger partial charge in [-0.1, -0.05) is 12.1 Å². The van der Waals surface area contributed by atoms with Gasteiger partial charge in [-0.3, -0.25) is 0 Å². The predicted molar refractivity (Wildman–Crippen MR) is 132 cm³/mol. The lowest BCUT2D eigenvalue weighted by Gasteiger charge is -2.28. The van der Waals surface area contributed by atoms with Crippen molar-refractivity contribution in [3.63, 3.8) is 0 Å². The Labute approximate surface area is 203 Å². The molecule has 0 saturated heterocycles. The molecule has 1 aliphatic rings. The minimum Gasteiger partial charge on any atom is -0.497 e. The average Bonchev–Trinajstić information content (AvgIpc) is 3.52. The Morgan fingerprint density at radius 3 is 2.37 bits per heavy atom. The molecule has 1 unspecified atom stereocenters. The molecule has 1 atom stereocenters. The Kier molecular flexibility index (Phi) is 5.33. The second-order valence-electron chi connectivity index (χ2n) is 9.36. The van der Waals surface area contributed by atoms with Gasteiger partial charge in [-0.2, -0.15) is 10.4 Å². The summed E-state index contributed by atoms with van der Waals surface area (Å²) in [5, 5.41) is 15.1. The van der Waals surface area contributed by atoms with Crippen LogP contribution in [0.3, 0.4) is 0 Å². The molecular weight excluding hydrogens is 440 g/mol. The number of rotatable bonds is 4. The lowest BCUT2D eigenvalue weighted by molar-refractivity contribution is 0.278. The molecule has 35 heavy (non-hydrogen) atoms. The van der Waals surface area contributed by atoms with E-state index in [1.807, 2.05) is 64.0 Å². The van der Waals surface area contributed by atoms with Crippen molar-refractivity contribution in [1.82, 2.24) is 19.3 Å². The first-order valence-corrected chi connectivity index (χ1v) is 11.3. The summed E-state index contributed by atoms with van der Waals surface area (Å²) in [4.78, 5) is 4.12. The van der Waals surface area contributed by atoms with Gasteiger partial charge in [0.2, 0.25) is 11.8 Å². The number of aromatic nitrogens is 4. The van der Waals surface area contributed by atoms with Gasteiger partial charge in [0.15, 0.2) is 0 Å². The second-order valence-corrected chi connectivity index (χ2v) is 9.36. The lowest BCUT2D eigenvalue weighted by Crippen LogP contribution is -2.27. The van der Waals surface area contributed by atoms with E-state index in [1.54, 1.807) is 19.6 Å². The summed E-state index contributed by atoms with van der Waals surface area (Å²) < 4.78 is 15.2. The molecule has 0 bridgehead atoms. The number of imidazole rings is 1. The molecule has 3 heterocycles. The fraction of sp³-hybridized carbons (Fsp3) is 0.222. The number of nitrogens with two attached hydrogens (primary N) is 1. The minimum absolute atomic E-state index is 0.0929. The van der Waals surface area contributed by atoms with Gasteiger partial charge in [-0.15, -0.1) is 0 Å². The Bertz CT molecular complexity index is 1430. The van der Waals surface area contributed by atoms with E-state index in [0.29, 0.717) is 11.5 Å².